The molecule has 0 saturated carbocycles. The Bertz CT molecular complexity index is 404. The maximum atomic E-state index is 12.0. The van der Waals surface area contributed by atoms with Crippen LogP contribution in [0.2, 0.25) is 0 Å². The summed E-state index contributed by atoms with van der Waals surface area (Å²) in [5.74, 6) is 0.480. The Morgan fingerprint density at radius 2 is 2.41 bits per heavy atom. The van der Waals surface area contributed by atoms with Crippen LogP contribution in [-0.4, -0.2) is 42.0 Å². The number of piperidine rings is 1. The van der Waals surface area contributed by atoms with Crippen molar-refractivity contribution < 1.29 is 4.79 Å². The lowest BCUT2D eigenvalue weighted by Gasteiger charge is -2.35. The van der Waals surface area contributed by atoms with Crippen molar-refractivity contribution >= 4 is 21.8 Å². The Morgan fingerprint density at radius 3 is 3.00 bits per heavy atom. The van der Waals surface area contributed by atoms with Gasteiger partial charge in [-0.15, -0.1) is 0 Å². The molecule has 1 aliphatic heterocycles. The Labute approximate surface area is 110 Å². The fourth-order valence-corrected chi connectivity index (χ4v) is 2.66. The number of H-pyrrole nitrogens is 1. The number of halogens is 1. The third-order valence-corrected chi connectivity index (χ3v) is 3.78. The van der Waals surface area contributed by atoms with Crippen molar-refractivity contribution in [3.05, 3.63) is 22.4 Å². The Hall–Kier alpha value is -0.810. The molecular weight excluding hydrogens is 282 g/mol. The summed E-state index contributed by atoms with van der Waals surface area (Å²) in [5, 5.41) is 3.10. The number of nitrogens with one attached hydrogen (secondary N) is 2. The summed E-state index contributed by atoms with van der Waals surface area (Å²) in [6.45, 7) is 4.27. The molecule has 4 nitrogen and oxygen atoms in total. The summed E-state index contributed by atoms with van der Waals surface area (Å²) < 4.78 is 0.902. The molecular formula is C12H18BrN3O. The Balaban J connectivity index is 1.95. The van der Waals surface area contributed by atoms with Crippen LogP contribution in [0.15, 0.2) is 16.7 Å². The molecule has 0 aromatic carbocycles. The van der Waals surface area contributed by atoms with E-state index < -0.39 is 0 Å². The monoisotopic (exact) mass is 299 g/mol. The molecule has 1 saturated heterocycles. The van der Waals surface area contributed by atoms with Crippen LogP contribution < -0.4 is 5.32 Å². The highest BCUT2D eigenvalue weighted by Gasteiger charge is 2.25. The third kappa shape index (κ3) is 3.10. The first-order valence-electron chi connectivity index (χ1n) is 5.89. The van der Waals surface area contributed by atoms with Gasteiger partial charge in [0.1, 0.15) is 5.69 Å². The number of hydrogen-bond acceptors (Lipinski definition) is 2. The molecule has 0 spiro atoms. The average Bonchev–Trinajstić information content (AvgIpc) is 2.69. The van der Waals surface area contributed by atoms with Crippen LogP contribution in [0.1, 0.15) is 23.8 Å². The zero-order chi connectivity index (χ0) is 12.4. The summed E-state index contributed by atoms with van der Waals surface area (Å²) in [4.78, 5) is 17.2. The molecule has 2 unspecified atom stereocenters. The normalized spacial score (nSPS) is 25.8. The topological polar surface area (TPSA) is 48.1 Å². The number of likely N-dealkylation sites (tertiary alicyclic amines) is 1. The van der Waals surface area contributed by atoms with E-state index in [-0.39, 0.29) is 11.9 Å². The van der Waals surface area contributed by atoms with Gasteiger partial charge in [-0.3, -0.25) is 4.79 Å². The maximum absolute atomic E-state index is 12.0. The first-order valence-corrected chi connectivity index (χ1v) is 6.69. The van der Waals surface area contributed by atoms with Crippen LogP contribution in [0.5, 0.6) is 0 Å². The van der Waals surface area contributed by atoms with E-state index in [1.807, 2.05) is 0 Å². The molecule has 94 valence electrons. The largest absolute Gasteiger partial charge is 0.356 e. The molecule has 5 heteroatoms. The molecule has 1 amide bonds. The van der Waals surface area contributed by atoms with Crippen molar-refractivity contribution in [2.75, 3.05) is 20.1 Å². The van der Waals surface area contributed by atoms with E-state index in [0.717, 1.165) is 24.0 Å². The fourth-order valence-electron chi connectivity index (χ4n) is 2.31. The molecule has 2 rings (SSSR count). The molecule has 1 fully saturated rings. The minimum atomic E-state index is -0.0166. The number of aromatic nitrogens is 1. The molecule has 17 heavy (non-hydrogen) atoms. The quantitative estimate of drug-likeness (QED) is 0.875. The van der Waals surface area contributed by atoms with Crippen molar-refractivity contribution in [1.29, 1.82) is 0 Å². The van der Waals surface area contributed by atoms with Crippen molar-refractivity contribution in [3.63, 3.8) is 0 Å². The lowest BCUT2D eigenvalue weighted by atomic mass is 9.94. The number of aromatic amines is 1. The minimum Gasteiger partial charge on any atom is -0.356 e. The number of rotatable bonds is 2. The highest BCUT2D eigenvalue weighted by molar-refractivity contribution is 9.10. The van der Waals surface area contributed by atoms with E-state index in [9.17, 15) is 4.79 Å². The van der Waals surface area contributed by atoms with Crippen LogP contribution in [0, 0.1) is 5.92 Å². The van der Waals surface area contributed by atoms with Crippen molar-refractivity contribution in [1.82, 2.24) is 15.2 Å². The van der Waals surface area contributed by atoms with Gasteiger partial charge in [0.05, 0.1) is 0 Å². The summed E-state index contributed by atoms with van der Waals surface area (Å²) in [6.07, 6.45) is 2.79. The molecule has 0 radical (unpaired) electrons. The minimum absolute atomic E-state index is 0.0166. The number of nitrogens with zero attached hydrogens (tertiary/aromatic N) is 1. The van der Waals surface area contributed by atoms with E-state index in [0.29, 0.717) is 11.6 Å². The van der Waals surface area contributed by atoms with Crippen LogP contribution in [0.25, 0.3) is 0 Å². The predicted octanol–water partition coefficient (Wildman–Crippen LogP) is 1.85. The maximum Gasteiger partial charge on any atom is 0.267 e. The summed E-state index contributed by atoms with van der Waals surface area (Å²) in [7, 11) is 2.12. The van der Waals surface area contributed by atoms with Gasteiger partial charge in [-0.2, -0.15) is 0 Å². The first-order chi connectivity index (χ1) is 8.06. The van der Waals surface area contributed by atoms with Gasteiger partial charge < -0.3 is 15.2 Å². The molecule has 2 N–H and O–H groups in total. The zero-order valence-corrected chi connectivity index (χ0v) is 11.8. The van der Waals surface area contributed by atoms with Crippen molar-refractivity contribution in [2.24, 2.45) is 5.92 Å². The van der Waals surface area contributed by atoms with Gasteiger partial charge in [-0.1, -0.05) is 6.92 Å². The number of carbonyl (C=O) groups is 1. The zero-order valence-electron chi connectivity index (χ0n) is 10.2. The van der Waals surface area contributed by atoms with Gasteiger partial charge in [0.2, 0.25) is 0 Å². The van der Waals surface area contributed by atoms with E-state index in [1.165, 1.54) is 0 Å². The van der Waals surface area contributed by atoms with E-state index in [2.05, 4.69) is 45.1 Å². The second-order valence-electron chi connectivity index (χ2n) is 4.84. The van der Waals surface area contributed by atoms with Crippen molar-refractivity contribution in [2.45, 2.75) is 19.4 Å². The summed E-state index contributed by atoms with van der Waals surface area (Å²) in [6, 6.07) is 2.08. The molecule has 2 heterocycles. The van der Waals surface area contributed by atoms with Crippen molar-refractivity contribution in [3.8, 4) is 0 Å². The molecule has 1 aromatic rings. The van der Waals surface area contributed by atoms with E-state index in [1.54, 1.807) is 12.3 Å². The van der Waals surface area contributed by atoms with Gasteiger partial charge >= 0.3 is 0 Å². The molecule has 0 bridgehead atoms. The molecule has 2 atom stereocenters. The molecule has 0 aliphatic carbocycles. The highest BCUT2D eigenvalue weighted by Crippen LogP contribution is 2.16. The molecule has 1 aliphatic rings. The van der Waals surface area contributed by atoms with Crippen LogP contribution in [-0.2, 0) is 0 Å². The van der Waals surface area contributed by atoms with E-state index >= 15 is 0 Å². The van der Waals surface area contributed by atoms with Gasteiger partial charge in [0.15, 0.2) is 0 Å². The number of hydrogen-bond donors (Lipinski definition) is 2. The van der Waals surface area contributed by atoms with Gasteiger partial charge in [-0.05, 0) is 47.9 Å². The Kier molecular flexibility index (Phi) is 3.89. The van der Waals surface area contributed by atoms with Crippen LogP contribution in [0.3, 0.4) is 0 Å². The first kappa shape index (κ1) is 12.6. The number of amides is 1. The van der Waals surface area contributed by atoms with Crippen LogP contribution >= 0.6 is 15.9 Å². The van der Waals surface area contributed by atoms with Gasteiger partial charge in [0, 0.05) is 23.3 Å². The standard InChI is InChI=1S/C12H18BrN3O/c1-8-7-16(2)4-3-10(8)15-12(17)11-5-9(13)6-14-11/h5-6,8,10,14H,3-4,7H2,1-2H3,(H,15,17). The molecule has 1 aromatic heterocycles. The smallest absolute Gasteiger partial charge is 0.267 e. The lowest BCUT2D eigenvalue weighted by Crippen LogP contribution is -2.48. The fraction of sp³-hybridized carbons (Fsp3) is 0.583. The Morgan fingerprint density at radius 1 is 1.65 bits per heavy atom. The summed E-state index contributed by atoms with van der Waals surface area (Å²) in [5.41, 5.74) is 0.614. The number of carbonyl (C=O) groups excluding carboxylic acids is 1. The second-order valence-corrected chi connectivity index (χ2v) is 5.76. The summed E-state index contributed by atoms with van der Waals surface area (Å²) >= 11 is 3.33. The van der Waals surface area contributed by atoms with Crippen LogP contribution in [0.4, 0.5) is 0 Å². The SMILES string of the molecule is CC1CN(C)CCC1NC(=O)c1cc(Br)c[nH]1. The predicted molar refractivity (Wildman–Crippen MR) is 71.0 cm³/mol. The lowest BCUT2D eigenvalue weighted by molar-refractivity contribution is 0.0879. The second kappa shape index (κ2) is 5.23. The third-order valence-electron chi connectivity index (χ3n) is 3.32. The van der Waals surface area contributed by atoms with Gasteiger partial charge in [0.25, 0.3) is 5.91 Å². The highest BCUT2D eigenvalue weighted by atomic mass is 79.9. The average molecular weight is 300 g/mol. The van der Waals surface area contributed by atoms with Gasteiger partial charge in [-0.25, -0.2) is 0 Å². The van der Waals surface area contributed by atoms with E-state index in [4.69, 9.17) is 0 Å².